The molecule has 0 aromatic carbocycles. The lowest BCUT2D eigenvalue weighted by molar-refractivity contribution is 0.297. The van der Waals surface area contributed by atoms with Gasteiger partial charge >= 0.3 is 0 Å². The van der Waals surface area contributed by atoms with Crippen LogP contribution in [0.5, 0.6) is 0 Å². The quantitative estimate of drug-likeness (QED) is 0.406. The molecule has 2 aliphatic rings. The Kier molecular flexibility index (Phi) is 0.835. The van der Waals surface area contributed by atoms with E-state index in [-0.39, 0.29) is 6.04 Å². The maximum atomic E-state index is 3.12. The highest BCUT2D eigenvalue weighted by atomic mass is 15.2. The van der Waals surface area contributed by atoms with E-state index in [1.807, 2.05) is 0 Å². The van der Waals surface area contributed by atoms with E-state index in [1.54, 1.807) is 0 Å². The molecule has 0 unspecified atom stereocenters. The topological polar surface area (TPSA) is 3.24 Å². The second-order valence-corrected chi connectivity index (χ2v) is 2.40. The molecule has 1 nitrogen and oxygen atoms in total. The standard InChI is InChI=1S/C8H7N/c1-9-7-3-2-4-8(9)6-5-7/h7-8H,3H2,1H3/t7-,8+/m1/s1. The van der Waals surface area contributed by atoms with Gasteiger partial charge in [-0.05, 0) is 7.05 Å². The Hall–Kier alpha value is -0.920. The van der Waals surface area contributed by atoms with Crippen molar-refractivity contribution in [2.24, 2.45) is 0 Å². The molecule has 0 spiro atoms. The van der Waals surface area contributed by atoms with Crippen LogP contribution in [0.2, 0.25) is 0 Å². The zero-order valence-electron chi connectivity index (χ0n) is 5.31. The summed E-state index contributed by atoms with van der Waals surface area (Å²) in [5, 5.41) is 0. The molecule has 0 aromatic heterocycles. The Labute approximate surface area is 55.0 Å². The Bertz CT molecular complexity index is 243. The molecule has 0 aliphatic carbocycles. The molecule has 0 aromatic rings. The summed E-state index contributed by atoms with van der Waals surface area (Å²) in [6.45, 7) is 0. The number of fused-ring (bicyclic) bond motifs is 2. The van der Waals surface area contributed by atoms with Gasteiger partial charge in [0.2, 0.25) is 0 Å². The smallest absolute Gasteiger partial charge is 0.134 e. The van der Waals surface area contributed by atoms with Gasteiger partial charge in [0, 0.05) is 6.42 Å². The minimum Gasteiger partial charge on any atom is -0.268 e. The Morgan fingerprint density at radius 2 is 2.22 bits per heavy atom. The third-order valence-corrected chi connectivity index (χ3v) is 1.82. The van der Waals surface area contributed by atoms with Gasteiger partial charge in [-0.2, -0.15) is 0 Å². The van der Waals surface area contributed by atoms with E-state index < -0.39 is 0 Å². The van der Waals surface area contributed by atoms with E-state index in [2.05, 4.69) is 35.6 Å². The zero-order valence-corrected chi connectivity index (χ0v) is 5.31. The van der Waals surface area contributed by atoms with Gasteiger partial charge in [0.25, 0.3) is 0 Å². The van der Waals surface area contributed by atoms with Crippen LogP contribution < -0.4 is 0 Å². The van der Waals surface area contributed by atoms with Crippen LogP contribution in [-0.4, -0.2) is 24.0 Å². The number of rotatable bonds is 0. The van der Waals surface area contributed by atoms with Crippen LogP contribution in [0.1, 0.15) is 6.42 Å². The summed E-state index contributed by atoms with van der Waals surface area (Å²) >= 11 is 0. The molecule has 44 valence electrons. The highest BCUT2D eigenvalue weighted by Crippen LogP contribution is 2.13. The fourth-order valence-electron chi connectivity index (χ4n) is 1.14. The largest absolute Gasteiger partial charge is 0.268 e. The average Bonchev–Trinajstić information content (AvgIpc) is 2.19. The van der Waals surface area contributed by atoms with E-state index in [4.69, 9.17) is 0 Å². The van der Waals surface area contributed by atoms with Crippen molar-refractivity contribution in [3.05, 3.63) is 0 Å². The average molecular weight is 117 g/mol. The van der Waals surface area contributed by atoms with E-state index in [9.17, 15) is 0 Å². The summed E-state index contributed by atoms with van der Waals surface area (Å²) in [5.74, 6) is 12.3. The molecule has 0 saturated carbocycles. The van der Waals surface area contributed by atoms with E-state index in [0.717, 1.165) is 6.42 Å². The Morgan fingerprint density at radius 1 is 1.33 bits per heavy atom. The maximum absolute atomic E-state index is 3.12. The molecule has 9 heavy (non-hydrogen) atoms. The van der Waals surface area contributed by atoms with Gasteiger partial charge in [-0.25, -0.2) is 0 Å². The molecule has 0 fully saturated rings. The van der Waals surface area contributed by atoms with E-state index in [0.29, 0.717) is 6.04 Å². The third-order valence-electron chi connectivity index (χ3n) is 1.82. The molecule has 0 saturated heterocycles. The second-order valence-electron chi connectivity index (χ2n) is 2.40. The highest BCUT2D eigenvalue weighted by Gasteiger charge is 2.24. The molecule has 2 heterocycles. The molecule has 2 atom stereocenters. The summed E-state index contributed by atoms with van der Waals surface area (Å²) in [4.78, 5) is 2.19. The highest BCUT2D eigenvalue weighted by molar-refractivity contribution is 5.36. The summed E-state index contributed by atoms with van der Waals surface area (Å²) in [6, 6.07) is 0.667. The molecular weight excluding hydrogens is 110 g/mol. The second kappa shape index (κ2) is 1.53. The first-order valence-electron chi connectivity index (χ1n) is 3.09. The van der Waals surface area contributed by atoms with Gasteiger partial charge in [-0.3, -0.25) is 4.90 Å². The molecule has 0 N–H and O–H groups in total. The molecule has 0 radical (unpaired) electrons. The lowest BCUT2D eigenvalue weighted by atomic mass is 10.1. The van der Waals surface area contributed by atoms with Crippen molar-refractivity contribution in [3.63, 3.8) is 0 Å². The van der Waals surface area contributed by atoms with Gasteiger partial charge in [0.15, 0.2) is 0 Å². The van der Waals surface area contributed by atoms with E-state index in [1.165, 1.54) is 0 Å². The van der Waals surface area contributed by atoms with Gasteiger partial charge in [0.05, 0.1) is 6.04 Å². The van der Waals surface area contributed by atoms with Gasteiger partial charge in [-0.1, -0.05) is 23.7 Å². The minimum atomic E-state index is 0.240. The predicted molar refractivity (Wildman–Crippen MR) is 35.5 cm³/mol. The van der Waals surface area contributed by atoms with Crippen molar-refractivity contribution in [1.82, 2.24) is 4.90 Å². The summed E-state index contributed by atoms with van der Waals surface area (Å²) in [5.41, 5.74) is 0. The lowest BCUT2D eigenvalue weighted by Gasteiger charge is -2.22. The number of nitrogens with zero attached hydrogens (tertiary/aromatic N) is 1. The van der Waals surface area contributed by atoms with Gasteiger partial charge in [0.1, 0.15) is 6.04 Å². The summed E-state index contributed by atoms with van der Waals surface area (Å²) in [6.07, 6.45) is 0.931. The molecule has 1 heteroatoms. The van der Waals surface area contributed by atoms with Crippen molar-refractivity contribution in [1.29, 1.82) is 0 Å². The lowest BCUT2D eigenvalue weighted by Crippen LogP contribution is -2.35. The van der Waals surface area contributed by atoms with Crippen LogP contribution in [0.4, 0.5) is 0 Å². The van der Waals surface area contributed by atoms with Crippen LogP contribution >= 0.6 is 0 Å². The Balaban J connectivity index is 2.39. The normalized spacial score (nSPS) is 36.6. The number of hydrogen-bond acceptors (Lipinski definition) is 1. The molecule has 2 aliphatic heterocycles. The minimum absolute atomic E-state index is 0.240. The SMILES string of the molecule is CN1[C@H]2C#CC[C@@H]1C#C2. The van der Waals surface area contributed by atoms with Crippen LogP contribution in [0, 0.1) is 23.7 Å². The van der Waals surface area contributed by atoms with Gasteiger partial charge in [-0.15, -0.1) is 0 Å². The predicted octanol–water partition coefficient (Wildman–Crippen LogP) is 0.0795. The molecule has 0 amide bonds. The first-order chi connectivity index (χ1) is 4.38. The maximum Gasteiger partial charge on any atom is 0.134 e. The van der Waals surface area contributed by atoms with Crippen LogP contribution in [-0.2, 0) is 0 Å². The molecule has 2 rings (SSSR count). The molecule has 2 bridgehead atoms. The van der Waals surface area contributed by atoms with Crippen LogP contribution in [0.25, 0.3) is 0 Å². The van der Waals surface area contributed by atoms with E-state index >= 15 is 0 Å². The fraction of sp³-hybridized carbons (Fsp3) is 0.500. The first-order valence-corrected chi connectivity index (χ1v) is 3.09. The molecular formula is C8H7N. The monoisotopic (exact) mass is 117 g/mol. The van der Waals surface area contributed by atoms with Crippen LogP contribution in [0.15, 0.2) is 0 Å². The first kappa shape index (κ1) is 4.91. The van der Waals surface area contributed by atoms with Crippen LogP contribution in [0.3, 0.4) is 0 Å². The summed E-state index contributed by atoms with van der Waals surface area (Å²) in [7, 11) is 2.07. The van der Waals surface area contributed by atoms with Gasteiger partial charge < -0.3 is 0 Å². The van der Waals surface area contributed by atoms with Crippen molar-refractivity contribution < 1.29 is 0 Å². The summed E-state index contributed by atoms with van der Waals surface area (Å²) < 4.78 is 0. The number of hydrogen-bond donors (Lipinski definition) is 0. The fourth-order valence-corrected chi connectivity index (χ4v) is 1.14. The van der Waals surface area contributed by atoms with Crippen molar-refractivity contribution in [2.75, 3.05) is 7.05 Å². The van der Waals surface area contributed by atoms with Crippen molar-refractivity contribution in [3.8, 4) is 23.7 Å². The van der Waals surface area contributed by atoms with Crippen molar-refractivity contribution >= 4 is 0 Å². The third kappa shape index (κ3) is 0.559. The Morgan fingerprint density at radius 3 is 2.89 bits per heavy atom. The van der Waals surface area contributed by atoms with Crippen molar-refractivity contribution in [2.45, 2.75) is 18.5 Å². The zero-order chi connectivity index (χ0) is 6.27.